The Labute approximate surface area is 101 Å². The molecule has 0 N–H and O–H groups in total. The molecule has 5 heteroatoms. The molecule has 1 saturated heterocycles. The molecule has 0 aliphatic carbocycles. The average Bonchev–Trinajstić information content (AvgIpc) is 2.67. The Morgan fingerprint density at radius 3 is 2.88 bits per heavy atom. The van der Waals surface area contributed by atoms with Crippen molar-refractivity contribution in [3.05, 3.63) is 35.9 Å². The van der Waals surface area contributed by atoms with Crippen molar-refractivity contribution in [3.63, 3.8) is 0 Å². The summed E-state index contributed by atoms with van der Waals surface area (Å²) in [5.74, 6) is 0.214. The highest BCUT2D eigenvalue weighted by Gasteiger charge is 2.28. The van der Waals surface area contributed by atoms with Crippen molar-refractivity contribution in [1.29, 1.82) is 5.26 Å². The van der Waals surface area contributed by atoms with Crippen LogP contribution in [0.4, 0.5) is 5.69 Å². The van der Waals surface area contributed by atoms with E-state index in [2.05, 4.69) is 0 Å². The number of anilines is 1. The van der Waals surface area contributed by atoms with E-state index >= 15 is 0 Å². The number of hydrogen-bond acceptors (Lipinski definition) is 3. The third kappa shape index (κ3) is 2.48. The van der Waals surface area contributed by atoms with Gasteiger partial charge in [-0.05, 0) is 30.2 Å². The SMILES string of the molecule is N#CC=Cc1cccc(N2CCCS2(=O)=O)c1. The van der Waals surface area contributed by atoms with Crippen LogP contribution in [-0.2, 0) is 10.0 Å². The third-order valence-corrected chi connectivity index (χ3v) is 4.48. The molecular weight excluding hydrogens is 236 g/mol. The molecular formula is C12H12N2O2S. The molecule has 17 heavy (non-hydrogen) atoms. The molecule has 2 rings (SSSR count). The Balaban J connectivity index is 2.34. The second-order valence-electron chi connectivity index (χ2n) is 3.80. The molecule has 0 spiro atoms. The molecule has 1 aliphatic rings. The molecule has 1 aromatic rings. The van der Waals surface area contributed by atoms with Crippen molar-refractivity contribution >= 4 is 21.8 Å². The molecule has 0 radical (unpaired) electrons. The second-order valence-corrected chi connectivity index (χ2v) is 5.81. The Morgan fingerprint density at radius 1 is 1.41 bits per heavy atom. The number of allylic oxidation sites excluding steroid dienone is 1. The van der Waals surface area contributed by atoms with Gasteiger partial charge in [0.15, 0.2) is 0 Å². The molecule has 1 fully saturated rings. The van der Waals surface area contributed by atoms with Crippen LogP contribution in [-0.4, -0.2) is 20.7 Å². The summed E-state index contributed by atoms with van der Waals surface area (Å²) in [5.41, 5.74) is 1.49. The number of benzene rings is 1. The quantitative estimate of drug-likeness (QED) is 0.749. The van der Waals surface area contributed by atoms with Crippen LogP contribution >= 0.6 is 0 Å². The van der Waals surface area contributed by atoms with E-state index < -0.39 is 10.0 Å². The van der Waals surface area contributed by atoms with Crippen LogP contribution in [0.1, 0.15) is 12.0 Å². The van der Waals surface area contributed by atoms with Gasteiger partial charge in [0.25, 0.3) is 0 Å². The van der Waals surface area contributed by atoms with Gasteiger partial charge in [0.2, 0.25) is 10.0 Å². The summed E-state index contributed by atoms with van der Waals surface area (Å²) < 4.78 is 24.9. The average molecular weight is 248 g/mol. The van der Waals surface area contributed by atoms with Crippen molar-refractivity contribution in [2.45, 2.75) is 6.42 Å². The fourth-order valence-electron chi connectivity index (χ4n) is 1.85. The Kier molecular flexibility index (Phi) is 3.16. The molecule has 0 amide bonds. The number of rotatable bonds is 2. The van der Waals surface area contributed by atoms with Crippen LogP contribution in [0.15, 0.2) is 30.3 Å². The predicted molar refractivity (Wildman–Crippen MR) is 66.8 cm³/mol. The molecule has 0 unspecified atom stereocenters. The first-order valence-corrected chi connectivity index (χ1v) is 6.91. The first kappa shape index (κ1) is 11.7. The van der Waals surface area contributed by atoms with Gasteiger partial charge in [0, 0.05) is 12.6 Å². The monoisotopic (exact) mass is 248 g/mol. The summed E-state index contributed by atoms with van der Waals surface area (Å²) >= 11 is 0. The van der Waals surface area contributed by atoms with E-state index in [1.165, 1.54) is 10.4 Å². The van der Waals surface area contributed by atoms with E-state index in [0.29, 0.717) is 18.7 Å². The summed E-state index contributed by atoms with van der Waals surface area (Å²) in [4.78, 5) is 0. The van der Waals surface area contributed by atoms with Gasteiger partial charge >= 0.3 is 0 Å². The van der Waals surface area contributed by atoms with Gasteiger partial charge in [-0.2, -0.15) is 5.26 Å². The first-order valence-electron chi connectivity index (χ1n) is 5.30. The van der Waals surface area contributed by atoms with Gasteiger partial charge in [-0.25, -0.2) is 8.42 Å². The fraction of sp³-hybridized carbons (Fsp3) is 0.250. The van der Waals surface area contributed by atoms with Crippen LogP contribution in [0.5, 0.6) is 0 Å². The Bertz CT molecular complexity index is 585. The highest BCUT2D eigenvalue weighted by Crippen LogP contribution is 2.24. The molecule has 88 valence electrons. The molecule has 1 aliphatic heterocycles. The van der Waals surface area contributed by atoms with E-state index in [1.807, 2.05) is 12.1 Å². The minimum atomic E-state index is -3.13. The summed E-state index contributed by atoms with van der Waals surface area (Å²) in [5, 5.41) is 8.45. The summed E-state index contributed by atoms with van der Waals surface area (Å²) in [6.07, 6.45) is 3.70. The van der Waals surface area contributed by atoms with E-state index in [4.69, 9.17) is 5.26 Å². The zero-order chi connectivity index (χ0) is 12.3. The molecule has 1 aromatic carbocycles. The number of hydrogen-bond donors (Lipinski definition) is 0. The first-order chi connectivity index (χ1) is 8.13. The van der Waals surface area contributed by atoms with Crippen molar-refractivity contribution < 1.29 is 8.42 Å². The molecule has 0 bridgehead atoms. The maximum atomic E-state index is 11.7. The van der Waals surface area contributed by atoms with Gasteiger partial charge in [-0.1, -0.05) is 12.1 Å². The van der Waals surface area contributed by atoms with E-state index in [-0.39, 0.29) is 5.75 Å². The number of nitrogens with zero attached hydrogens (tertiary/aromatic N) is 2. The van der Waals surface area contributed by atoms with Crippen LogP contribution in [0.2, 0.25) is 0 Å². The van der Waals surface area contributed by atoms with E-state index in [9.17, 15) is 8.42 Å². The van der Waals surface area contributed by atoms with Gasteiger partial charge < -0.3 is 0 Å². The number of sulfonamides is 1. The lowest BCUT2D eigenvalue weighted by Gasteiger charge is -2.17. The standard InChI is InChI=1S/C12H12N2O2S/c13-7-2-5-11-4-1-6-12(10-11)14-8-3-9-17(14,15)16/h1-2,4-6,10H,3,8-9H2. The second kappa shape index (κ2) is 4.60. The van der Waals surface area contributed by atoms with Crippen LogP contribution in [0.25, 0.3) is 6.08 Å². The Hall–Kier alpha value is -1.80. The van der Waals surface area contributed by atoms with Crippen molar-refractivity contribution in [2.75, 3.05) is 16.6 Å². The van der Waals surface area contributed by atoms with Gasteiger partial charge in [0.1, 0.15) is 0 Å². The topological polar surface area (TPSA) is 61.2 Å². The largest absolute Gasteiger partial charge is 0.270 e. The molecule has 0 aromatic heterocycles. The Morgan fingerprint density at radius 2 is 2.24 bits per heavy atom. The molecule has 0 saturated carbocycles. The lowest BCUT2D eigenvalue weighted by molar-refractivity contribution is 0.599. The zero-order valence-electron chi connectivity index (χ0n) is 9.20. The summed E-state index contributed by atoms with van der Waals surface area (Å²) in [6, 6.07) is 9.08. The molecule has 4 nitrogen and oxygen atoms in total. The van der Waals surface area contributed by atoms with Crippen LogP contribution < -0.4 is 4.31 Å². The predicted octanol–water partition coefficient (Wildman–Crippen LogP) is 1.76. The van der Waals surface area contributed by atoms with Gasteiger partial charge in [-0.3, -0.25) is 4.31 Å². The van der Waals surface area contributed by atoms with E-state index in [0.717, 1.165) is 5.56 Å². The van der Waals surface area contributed by atoms with Crippen LogP contribution in [0.3, 0.4) is 0 Å². The minimum Gasteiger partial charge on any atom is -0.270 e. The minimum absolute atomic E-state index is 0.214. The fourth-order valence-corrected chi connectivity index (χ4v) is 3.40. The van der Waals surface area contributed by atoms with Gasteiger partial charge in [0.05, 0.1) is 17.5 Å². The van der Waals surface area contributed by atoms with Gasteiger partial charge in [-0.15, -0.1) is 0 Å². The highest BCUT2D eigenvalue weighted by atomic mass is 32.2. The lowest BCUT2D eigenvalue weighted by Crippen LogP contribution is -2.24. The van der Waals surface area contributed by atoms with Crippen molar-refractivity contribution in [1.82, 2.24) is 0 Å². The lowest BCUT2D eigenvalue weighted by atomic mass is 10.2. The van der Waals surface area contributed by atoms with Crippen molar-refractivity contribution in [3.8, 4) is 6.07 Å². The highest BCUT2D eigenvalue weighted by molar-refractivity contribution is 7.93. The maximum absolute atomic E-state index is 11.7. The van der Waals surface area contributed by atoms with E-state index in [1.54, 1.807) is 24.3 Å². The molecule has 1 heterocycles. The normalized spacial score (nSPS) is 18.4. The molecule has 0 atom stereocenters. The van der Waals surface area contributed by atoms with Crippen LogP contribution in [0, 0.1) is 11.3 Å². The third-order valence-electron chi connectivity index (χ3n) is 2.61. The zero-order valence-corrected chi connectivity index (χ0v) is 10.0. The smallest absolute Gasteiger partial charge is 0.235 e. The van der Waals surface area contributed by atoms with Crippen molar-refractivity contribution in [2.24, 2.45) is 0 Å². The summed E-state index contributed by atoms with van der Waals surface area (Å²) in [7, 11) is -3.13. The number of nitriles is 1. The maximum Gasteiger partial charge on any atom is 0.235 e. The summed E-state index contributed by atoms with van der Waals surface area (Å²) in [6.45, 7) is 0.535.